The second-order valence-electron chi connectivity index (χ2n) is 10.0. The normalized spacial score (nSPS) is 11.5. The Morgan fingerprint density at radius 2 is 1.28 bits per heavy atom. The van der Waals surface area contributed by atoms with Gasteiger partial charge in [0.2, 0.25) is 0 Å². The number of aryl methyl sites for hydroxylation is 3. The first-order valence-electron chi connectivity index (χ1n) is 13.8. The number of imidazole rings is 1. The van der Waals surface area contributed by atoms with Gasteiger partial charge < -0.3 is 0 Å². The average Bonchev–Trinajstić information content (AvgIpc) is 3.20. The minimum absolute atomic E-state index is 0.573. The first-order valence-corrected chi connectivity index (χ1v) is 13.8. The number of benzene rings is 1. The molecule has 0 atom stereocenters. The first kappa shape index (κ1) is 26.7. The summed E-state index contributed by atoms with van der Waals surface area (Å²) < 4.78 is 5.02. The number of hydrogen-bond donors (Lipinski definition) is 0. The molecule has 2 nitrogen and oxygen atoms in total. The standard InChI is InChI=1S/C30H51N2/c1-4-5-6-7-8-9-10-11-12-13-14-15-19-24-31-26-27-32(30(31)28(2)3)25-20-23-29-21-17-16-18-22-29/h16-18,21-22,26-28H,4-15,19-20,23-25H2,1-3H3/q+1. The molecule has 0 N–H and O–H groups in total. The fourth-order valence-corrected chi connectivity index (χ4v) is 4.92. The molecular formula is C30H51N2+. The van der Waals surface area contributed by atoms with E-state index in [1.54, 1.807) is 0 Å². The average molecular weight is 440 g/mol. The highest BCUT2D eigenvalue weighted by Gasteiger charge is 2.20. The summed E-state index contributed by atoms with van der Waals surface area (Å²) in [6, 6.07) is 10.9. The molecule has 0 saturated carbocycles. The SMILES string of the molecule is CCCCCCCCCCCCCCCn1cc[n+](CCCc2ccccc2)c1C(C)C. The Hall–Kier alpha value is -1.57. The zero-order chi connectivity index (χ0) is 22.9. The number of hydrogen-bond acceptors (Lipinski definition) is 0. The van der Waals surface area contributed by atoms with E-state index in [0.29, 0.717) is 5.92 Å². The molecule has 2 rings (SSSR count). The van der Waals surface area contributed by atoms with Crippen LogP contribution in [0.5, 0.6) is 0 Å². The van der Waals surface area contributed by atoms with Crippen molar-refractivity contribution in [2.24, 2.45) is 0 Å². The van der Waals surface area contributed by atoms with E-state index in [2.05, 4.69) is 72.6 Å². The van der Waals surface area contributed by atoms with Crippen LogP contribution in [0.1, 0.15) is 128 Å². The van der Waals surface area contributed by atoms with Gasteiger partial charge in [-0.1, -0.05) is 122 Å². The van der Waals surface area contributed by atoms with E-state index in [0.717, 1.165) is 13.0 Å². The summed E-state index contributed by atoms with van der Waals surface area (Å²) >= 11 is 0. The highest BCUT2D eigenvalue weighted by molar-refractivity contribution is 5.14. The lowest BCUT2D eigenvalue weighted by atomic mass is 10.0. The number of unbranched alkanes of at least 4 members (excludes halogenated alkanes) is 12. The maximum atomic E-state index is 2.52. The van der Waals surface area contributed by atoms with E-state index in [9.17, 15) is 0 Å². The molecule has 0 saturated heterocycles. The van der Waals surface area contributed by atoms with Crippen LogP contribution < -0.4 is 4.57 Å². The molecule has 1 aromatic carbocycles. The van der Waals surface area contributed by atoms with Crippen LogP contribution in [-0.2, 0) is 19.5 Å². The molecule has 0 bridgehead atoms. The quantitative estimate of drug-likeness (QED) is 0.153. The molecule has 32 heavy (non-hydrogen) atoms. The summed E-state index contributed by atoms with van der Waals surface area (Å²) in [5, 5.41) is 0. The molecule has 0 aliphatic rings. The zero-order valence-corrected chi connectivity index (χ0v) is 21.5. The van der Waals surface area contributed by atoms with Crippen molar-refractivity contribution < 1.29 is 4.57 Å². The number of rotatable bonds is 19. The summed E-state index contributed by atoms with van der Waals surface area (Å²) in [6.07, 6.45) is 25.5. The molecule has 0 fully saturated rings. The second-order valence-corrected chi connectivity index (χ2v) is 10.0. The predicted molar refractivity (Wildman–Crippen MR) is 139 cm³/mol. The third kappa shape index (κ3) is 10.8. The Morgan fingerprint density at radius 1 is 0.719 bits per heavy atom. The van der Waals surface area contributed by atoms with Crippen molar-refractivity contribution >= 4 is 0 Å². The van der Waals surface area contributed by atoms with Gasteiger partial charge in [0, 0.05) is 0 Å². The Kier molecular flexibility index (Phi) is 14.2. The van der Waals surface area contributed by atoms with Gasteiger partial charge in [0.25, 0.3) is 5.82 Å². The highest BCUT2D eigenvalue weighted by Crippen LogP contribution is 2.15. The molecule has 180 valence electrons. The second kappa shape index (κ2) is 17.0. The first-order chi connectivity index (χ1) is 15.7. The molecule has 0 aliphatic heterocycles. The van der Waals surface area contributed by atoms with E-state index in [1.807, 2.05) is 0 Å². The number of aromatic nitrogens is 2. The lowest BCUT2D eigenvalue weighted by Gasteiger charge is -2.08. The largest absolute Gasteiger partial charge is 0.258 e. The summed E-state index contributed by atoms with van der Waals surface area (Å²) in [5.74, 6) is 2.07. The van der Waals surface area contributed by atoms with Gasteiger partial charge in [0.15, 0.2) is 0 Å². The summed E-state index contributed by atoms with van der Waals surface area (Å²) in [4.78, 5) is 0. The monoisotopic (exact) mass is 439 g/mol. The van der Waals surface area contributed by atoms with Crippen LogP contribution in [0, 0.1) is 0 Å². The van der Waals surface area contributed by atoms with E-state index in [-0.39, 0.29) is 0 Å². The predicted octanol–water partition coefficient (Wildman–Crippen LogP) is 8.62. The molecule has 0 radical (unpaired) electrons. The minimum Gasteiger partial charge on any atom is -0.234 e. The molecule has 1 aromatic heterocycles. The van der Waals surface area contributed by atoms with Crippen molar-refractivity contribution in [3.05, 3.63) is 54.1 Å². The Bertz CT molecular complexity index is 686. The topological polar surface area (TPSA) is 8.81 Å². The van der Waals surface area contributed by atoms with Crippen molar-refractivity contribution in [1.29, 1.82) is 0 Å². The zero-order valence-electron chi connectivity index (χ0n) is 21.5. The number of nitrogens with zero attached hydrogens (tertiary/aromatic N) is 2. The Morgan fingerprint density at radius 3 is 1.84 bits per heavy atom. The van der Waals surface area contributed by atoms with Crippen molar-refractivity contribution in [1.82, 2.24) is 4.57 Å². The maximum Gasteiger partial charge on any atom is 0.258 e. The minimum atomic E-state index is 0.573. The lowest BCUT2D eigenvalue weighted by molar-refractivity contribution is -0.705. The van der Waals surface area contributed by atoms with Gasteiger partial charge >= 0.3 is 0 Å². The fraction of sp³-hybridized carbons (Fsp3) is 0.700. The molecule has 0 unspecified atom stereocenters. The summed E-state index contributed by atoms with van der Waals surface area (Å²) in [7, 11) is 0. The van der Waals surface area contributed by atoms with Crippen molar-refractivity contribution in [3.8, 4) is 0 Å². The van der Waals surface area contributed by atoms with Crippen molar-refractivity contribution in [3.63, 3.8) is 0 Å². The van der Waals surface area contributed by atoms with Gasteiger partial charge in [0.1, 0.15) is 12.4 Å². The van der Waals surface area contributed by atoms with Crippen LogP contribution in [0.3, 0.4) is 0 Å². The lowest BCUT2D eigenvalue weighted by Crippen LogP contribution is -2.38. The fourth-order valence-electron chi connectivity index (χ4n) is 4.92. The molecule has 2 heteroatoms. The maximum absolute atomic E-state index is 2.52. The van der Waals surface area contributed by atoms with Crippen LogP contribution in [0.25, 0.3) is 0 Å². The van der Waals surface area contributed by atoms with Crippen molar-refractivity contribution in [2.45, 2.75) is 136 Å². The highest BCUT2D eigenvalue weighted by atomic mass is 15.1. The van der Waals surface area contributed by atoms with Gasteiger partial charge in [-0.3, -0.25) is 0 Å². The third-order valence-electron chi connectivity index (χ3n) is 6.74. The smallest absolute Gasteiger partial charge is 0.234 e. The molecule has 0 spiro atoms. The van der Waals surface area contributed by atoms with E-state index in [1.165, 1.54) is 108 Å². The molecule has 0 amide bonds. The van der Waals surface area contributed by atoms with E-state index < -0.39 is 0 Å². The van der Waals surface area contributed by atoms with Gasteiger partial charge in [-0.15, -0.1) is 0 Å². The Labute approximate surface area is 199 Å². The molecule has 0 aliphatic carbocycles. The van der Waals surface area contributed by atoms with Gasteiger partial charge in [-0.25, -0.2) is 9.13 Å². The van der Waals surface area contributed by atoms with Crippen LogP contribution in [0.2, 0.25) is 0 Å². The van der Waals surface area contributed by atoms with Crippen LogP contribution in [-0.4, -0.2) is 4.57 Å². The van der Waals surface area contributed by atoms with E-state index >= 15 is 0 Å². The van der Waals surface area contributed by atoms with Crippen LogP contribution in [0.4, 0.5) is 0 Å². The van der Waals surface area contributed by atoms with Crippen molar-refractivity contribution in [2.75, 3.05) is 0 Å². The van der Waals surface area contributed by atoms with Gasteiger partial charge in [-0.05, 0) is 31.2 Å². The van der Waals surface area contributed by atoms with Gasteiger partial charge in [0.05, 0.1) is 19.0 Å². The molecule has 1 heterocycles. The van der Waals surface area contributed by atoms with E-state index in [4.69, 9.17) is 0 Å². The Balaban J connectivity index is 1.57. The van der Waals surface area contributed by atoms with Gasteiger partial charge in [-0.2, -0.15) is 0 Å². The third-order valence-corrected chi connectivity index (χ3v) is 6.74. The molecular weight excluding hydrogens is 388 g/mol. The summed E-state index contributed by atoms with van der Waals surface area (Å²) in [6.45, 7) is 9.27. The molecule has 2 aromatic rings. The van der Waals surface area contributed by atoms with Crippen LogP contribution in [0.15, 0.2) is 42.7 Å². The van der Waals surface area contributed by atoms with Crippen LogP contribution >= 0.6 is 0 Å². The summed E-state index contributed by atoms with van der Waals surface area (Å²) in [5.41, 5.74) is 1.45.